The van der Waals surface area contributed by atoms with E-state index < -0.39 is 15.6 Å². The van der Waals surface area contributed by atoms with Crippen molar-refractivity contribution in [1.82, 2.24) is 0 Å². The molecule has 0 aliphatic rings. The average molecular weight is 235 g/mol. The fraction of sp³-hybridized carbons (Fsp3) is 0.667. The molecule has 86 valence electrons. The van der Waals surface area contributed by atoms with E-state index in [2.05, 4.69) is 27.7 Å². The van der Waals surface area contributed by atoms with Crippen molar-refractivity contribution in [2.24, 2.45) is 0 Å². The summed E-state index contributed by atoms with van der Waals surface area (Å²) in [6.07, 6.45) is 1.88. The van der Waals surface area contributed by atoms with Gasteiger partial charge in [0.2, 0.25) is 0 Å². The summed E-state index contributed by atoms with van der Waals surface area (Å²) in [5.74, 6) is 0. The number of quaternary nitrogens is 1. The Balaban J connectivity index is 0. The van der Waals surface area contributed by atoms with Crippen molar-refractivity contribution in [3.63, 3.8) is 0 Å². The lowest BCUT2D eigenvalue weighted by molar-refractivity contribution is -0.816. The van der Waals surface area contributed by atoms with Crippen LogP contribution in [0.2, 0.25) is 0 Å². The van der Waals surface area contributed by atoms with E-state index in [0.29, 0.717) is 0 Å². The Bertz CT molecular complexity index is 276. The van der Waals surface area contributed by atoms with Gasteiger partial charge in [-0.25, -0.2) is 8.42 Å². The van der Waals surface area contributed by atoms with Crippen molar-refractivity contribution in [1.29, 1.82) is 0 Å². The van der Waals surface area contributed by atoms with Gasteiger partial charge in [-0.1, -0.05) is 0 Å². The highest BCUT2D eigenvalue weighted by molar-refractivity contribution is 7.86. The minimum atomic E-state index is -6.09. The summed E-state index contributed by atoms with van der Waals surface area (Å²) in [5.41, 5.74) is -5.65. The molecule has 0 amide bonds. The summed E-state index contributed by atoms with van der Waals surface area (Å²) in [5, 5.41) is 0. The molecular weight excluding hydrogens is 223 g/mol. The van der Waals surface area contributed by atoms with Gasteiger partial charge < -0.3 is 9.04 Å². The molecule has 0 fully saturated rings. The topological polar surface area (TPSA) is 57.2 Å². The number of alkyl halides is 3. The molecule has 0 saturated carbocycles. The predicted molar refractivity (Wildman–Crippen MR) is 44.0 cm³/mol. The van der Waals surface area contributed by atoms with Crippen molar-refractivity contribution < 1.29 is 30.6 Å². The monoisotopic (exact) mass is 235 g/mol. The van der Waals surface area contributed by atoms with Gasteiger partial charge in [0.1, 0.15) is 0 Å². The van der Waals surface area contributed by atoms with E-state index in [4.69, 9.17) is 13.0 Å². The zero-order valence-corrected chi connectivity index (χ0v) is 8.82. The number of hydrogen-bond donors (Lipinski definition) is 0. The van der Waals surface area contributed by atoms with Gasteiger partial charge >= 0.3 is 5.51 Å². The van der Waals surface area contributed by atoms with E-state index in [1.807, 2.05) is 6.20 Å². The van der Waals surface area contributed by atoms with E-state index in [0.717, 1.165) is 4.48 Å². The van der Waals surface area contributed by atoms with Crippen LogP contribution in [0.1, 0.15) is 0 Å². The highest BCUT2D eigenvalue weighted by Gasteiger charge is 2.36. The summed E-state index contributed by atoms with van der Waals surface area (Å²) in [6, 6.07) is 0. The second-order valence-corrected chi connectivity index (χ2v) is 4.57. The van der Waals surface area contributed by atoms with Crippen LogP contribution >= 0.6 is 0 Å². The Labute approximate surface area is 81.0 Å². The van der Waals surface area contributed by atoms with Crippen LogP contribution < -0.4 is 0 Å². The van der Waals surface area contributed by atoms with Gasteiger partial charge in [0.05, 0.1) is 27.3 Å². The van der Waals surface area contributed by atoms with Crippen LogP contribution in [0.4, 0.5) is 13.2 Å². The fourth-order valence-electron chi connectivity index (χ4n) is 0. The molecule has 0 aliphatic carbocycles. The second-order valence-electron chi connectivity index (χ2n) is 3.20. The molecule has 0 spiro atoms. The molecule has 0 bridgehead atoms. The van der Waals surface area contributed by atoms with E-state index >= 15 is 0 Å². The maximum absolute atomic E-state index is 10.7. The minimum absolute atomic E-state index is 0.833. The highest BCUT2D eigenvalue weighted by Crippen LogP contribution is 2.20. The van der Waals surface area contributed by atoms with Crippen molar-refractivity contribution in [2.75, 3.05) is 21.1 Å². The molecule has 0 heterocycles. The van der Waals surface area contributed by atoms with Crippen LogP contribution in [0, 0.1) is 0 Å². The largest absolute Gasteiger partial charge is 0.741 e. The molecular formula is C6H12F3NO3S. The third kappa shape index (κ3) is 9.49. The molecule has 0 unspecified atom stereocenters. The SMILES string of the molecule is C=C[N+](C)(C)C.O=S(=O)([O-])C(F)(F)F. The van der Waals surface area contributed by atoms with Crippen molar-refractivity contribution >= 4 is 10.1 Å². The fourth-order valence-corrected chi connectivity index (χ4v) is 0. The summed E-state index contributed by atoms with van der Waals surface area (Å²) in [7, 11) is 0.0972. The number of rotatable bonds is 1. The highest BCUT2D eigenvalue weighted by atomic mass is 32.2. The van der Waals surface area contributed by atoms with Crippen LogP contribution in [0.5, 0.6) is 0 Å². The van der Waals surface area contributed by atoms with Crippen molar-refractivity contribution in [3.8, 4) is 0 Å². The van der Waals surface area contributed by atoms with Crippen LogP contribution in [0.3, 0.4) is 0 Å². The molecule has 8 heteroatoms. The normalized spacial score (nSPS) is 12.8. The molecule has 0 N–H and O–H groups in total. The Morgan fingerprint density at radius 3 is 1.43 bits per heavy atom. The first-order valence-electron chi connectivity index (χ1n) is 3.28. The Hall–Kier alpha value is -0.600. The molecule has 0 saturated heterocycles. The van der Waals surface area contributed by atoms with Gasteiger partial charge in [0.25, 0.3) is 0 Å². The van der Waals surface area contributed by atoms with E-state index in [1.54, 1.807) is 0 Å². The molecule has 0 aliphatic heterocycles. The van der Waals surface area contributed by atoms with Crippen molar-refractivity contribution in [3.05, 3.63) is 12.8 Å². The van der Waals surface area contributed by atoms with Crippen LogP contribution in [-0.2, 0) is 10.1 Å². The van der Waals surface area contributed by atoms with Crippen LogP contribution in [-0.4, -0.2) is 44.1 Å². The Morgan fingerprint density at radius 2 is 1.43 bits per heavy atom. The standard InChI is InChI=1S/C5H12N.CHF3O3S/c1-5-6(2,3)4;2-1(3,4)8(5,6)7/h5H,1H2,2-4H3;(H,5,6,7)/q+1;/p-1. The van der Waals surface area contributed by atoms with Gasteiger partial charge in [0.15, 0.2) is 10.1 Å². The van der Waals surface area contributed by atoms with Gasteiger partial charge in [-0.3, -0.25) is 0 Å². The first-order chi connectivity index (χ1) is 5.81. The Kier molecular flexibility index (Phi) is 5.39. The molecule has 0 aromatic rings. The molecule has 4 nitrogen and oxygen atoms in total. The first-order valence-corrected chi connectivity index (χ1v) is 4.69. The number of hydrogen-bond acceptors (Lipinski definition) is 3. The van der Waals surface area contributed by atoms with Gasteiger partial charge in [-0.05, 0) is 6.58 Å². The van der Waals surface area contributed by atoms with Gasteiger partial charge in [-0.2, -0.15) is 13.2 Å². The third-order valence-electron chi connectivity index (χ3n) is 0.831. The number of nitrogens with zero attached hydrogens (tertiary/aromatic N) is 1. The lowest BCUT2D eigenvalue weighted by atomic mass is 10.7. The van der Waals surface area contributed by atoms with E-state index in [-0.39, 0.29) is 0 Å². The predicted octanol–water partition coefficient (Wildman–Crippen LogP) is 0.888. The lowest BCUT2D eigenvalue weighted by Gasteiger charge is -2.15. The lowest BCUT2D eigenvalue weighted by Crippen LogP contribution is -2.25. The quantitative estimate of drug-likeness (QED) is 0.385. The maximum atomic E-state index is 10.7. The summed E-state index contributed by atoms with van der Waals surface area (Å²) < 4.78 is 59.7. The summed E-state index contributed by atoms with van der Waals surface area (Å²) in [4.78, 5) is 0. The molecule has 0 atom stereocenters. The molecule has 0 aromatic carbocycles. The first kappa shape index (κ1) is 15.9. The van der Waals surface area contributed by atoms with Crippen LogP contribution in [0.15, 0.2) is 12.8 Å². The number of halogens is 3. The maximum Gasteiger partial charge on any atom is 0.485 e. The van der Waals surface area contributed by atoms with Crippen LogP contribution in [0.25, 0.3) is 0 Å². The molecule has 0 radical (unpaired) electrons. The molecule has 0 rings (SSSR count). The van der Waals surface area contributed by atoms with E-state index in [1.165, 1.54) is 0 Å². The zero-order chi connectivity index (χ0) is 12.2. The third-order valence-corrected chi connectivity index (χ3v) is 1.40. The second kappa shape index (κ2) is 4.76. The molecule has 14 heavy (non-hydrogen) atoms. The summed E-state index contributed by atoms with van der Waals surface area (Å²) in [6.45, 7) is 3.60. The van der Waals surface area contributed by atoms with E-state index in [9.17, 15) is 13.2 Å². The van der Waals surface area contributed by atoms with Gasteiger partial charge in [0, 0.05) is 0 Å². The minimum Gasteiger partial charge on any atom is -0.741 e. The van der Waals surface area contributed by atoms with Crippen molar-refractivity contribution in [2.45, 2.75) is 5.51 Å². The Morgan fingerprint density at radius 1 is 1.29 bits per heavy atom. The summed E-state index contributed by atoms with van der Waals surface area (Å²) >= 11 is 0. The molecule has 0 aromatic heterocycles. The smallest absolute Gasteiger partial charge is 0.485 e. The average Bonchev–Trinajstić information content (AvgIpc) is 1.82. The van der Waals surface area contributed by atoms with Gasteiger partial charge in [-0.15, -0.1) is 0 Å². The zero-order valence-electron chi connectivity index (χ0n) is 8.00.